The average molecular weight is 312 g/mol. The van der Waals surface area contributed by atoms with Gasteiger partial charge in [-0.05, 0) is 12.8 Å². The van der Waals surface area contributed by atoms with Crippen LogP contribution in [0.4, 0.5) is 0 Å². The van der Waals surface area contributed by atoms with Gasteiger partial charge in [-0.15, -0.1) is 0 Å². The molecule has 2 N–H and O–H groups in total. The number of rotatable bonds is 15. The van der Waals surface area contributed by atoms with Crippen molar-refractivity contribution >= 4 is 11.8 Å². The zero-order valence-corrected chi connectivity index (χ0v) is 14.7. The number of hydrogen-bond acceptors (Lipinski definition) is 2. The maximum Gasteiger partial charge on any atom is 0.220 e. The lowest BCUT2D eigenvalue weighted by Gasteiger charge is -2.07. The maximum atomic E-state index is 11.6. The van der Waals surface area contributed by atoms with Crippen LogP contribution >= 0.6 is 0 Å². The van der Waals surface area contributed by atoms with Crippen LogP contribution in [0.2, 0.25) is 0 Å². The zero-order chi connectivity index (χ0) is 16.5. The van der Waals surface area contributed by atoms with Gasteiger partial charge in [0, 0.05) is 25.9 Å². The lowest BCUT2D eigenvalue weighted by atomic mass is 10.1. The molecule has 0 fully saturated rings. The van der Waals surface area contributed by atoms with Crippen LogP contribution in [0.25, 0.3) is 0 Å². The van der Waals surface area contributed by atoms with E-state index in [2.05, 4.69) is 24.5 Å². The minimum absolute atomic E-state index is 0.102. The van der Waals surface area contributed by atoms with E-state index in [9.17, 15) is 9.59 Å². The average Bonchev–Trinajstić information content (AvgIpc) is 2.51. The van der Waals surface area contributed by atoms with Crippen LogP contribution in [-0.4, -0.2) is 24.9 Å². The molecule has 0 unspecified atom stereocenters. The predicted molar refractivity (Wildman–Crippen MR) is 92.8 cm³/mol. The molecule has 0 heterocycles. The molecule has 0 aromatic heterocycles. The highest BCUT2D eigenvalue weighted by Crippen LogP contribution is 2.05. The predicted octanol–water partition coefficient (Wildman–Crippen LogP) is 3.94. The second-order valence-corrected chi connectivity index (χ2v) is 6.03. The molecule has 0 aromatic rings. The Hall–Kier alpha value is -1.06. The van der Waals surface area contributed by atoms with Gasteiger partial charge < -0.3 is 10.6 Å². The minimum Gasteiger partial charge on any atom is -0.354 e. The van der Waals surface area contributed by atoms with Gasteiger partial charge in [-0.1, -0.05) is 65.2 Å². The molecule has 0 spiro atoms. The summed E-state index contributed by atoms with van der Waals surface area (Å²) in [6, 6.07) is 0. The fourth-order valence-electron chi connectivity index (χ4n) is 2.36. The highest BCUT2D eigenvalue weighted by atomic mass is 16.2. The van der Waals surface area contributed by atoms with Crippen LogP contribution in [0.5, 0.6) is 0 Å². The number of carbonyl (C=O) groups is 2. The first kappa shape index (κ1) is 20.9. The fourth-order valence-corrected chi connectivity index (χ4v) is 2.36. The van der Waals surface area contributed by atoms with Crippen molar-refractivity contribution in [3.05, 3.63) is 0 Å². The molecule has 0 aliphatic rings. The molecule has 0 aromatic carbocycles. The topological polar surface area (TPSA) is 58.2 Å². The van der Waals surface area contributed by atoms with E-state index in [1.54, 1.807) is 0 Å². The van der Waals surface area contributed by atoms with Crippen LogP contribution in [0.15, 0.2) is 0 Å². The van der Waals surface area contributed by atoms with E-state index in [4.69, 9.17) is 0 Å². The summed E-state index contributed by atoms with van der Waals surface area (Å²) in [5, 5.41) is 5.72. The summed E-state index contributed by atoms with van der Waals surface area (Å²) in [7, 11) is 0. The number of nitrogens with one attached hydrogen (secondary N) is 2. The van der Waals surface area contributed by atoms with E-state index in [-0.39, 0.29) is 11.8 Å². The first-order valence-electron chi connectivity index (χ1n) is 9.24. The summed E-state index contributed by atoms with van der Waals surface area (Å²) in [5.41, 5.74) is 0. The smallest absolute Gasteiger partial charge is 0.220 e. The van der Waals surface area contributed by atoms with Crippen LogP contribution in [0, 0.1) is 0 Å². The van der Waals surface area contributed by atoms with Gasteiger partial charge in [-0.3, -0.25) is 9.59 Å². The summed E-state index contributed by atoms with van der Waals surface area (Å²) in [6.45, 7) is 5.45. The van der Waals surface area contributed by atoms with E-state index in [0.717, 1.165) is 25.7 Å². The van der Waals surface area contributed by atoms with Gasteiger partial charge in [0.1, 0.15) is 0 Å². The summed E-state index contributed by atoms with van der Waals surface area (Å²) < 4.78 is 0. The molecule has 4 nitrogen and oxygen atoms in total. The monoisotopic (exact) mass is 312 g/mol. The number of hydrogen-bond donors (Lipinski definition) is 2. The molecular formula is C18H36N2O2. The van der Waals surface area contributed by atoms with Crippen molar-refractivity contribution in [3.63, 3.8) is 0 Å². The quantitative estimate of drug-likeness (QED) is 0.450. The molecule has 4 heteroatoms. The molecular weight excluding hydrogens is 276 g/mol. The zero-order valence-electron chi connectivity index (χ0n) is 14.7. The maximum absolute atomic E-state index is 11.6. The largest absolute Gasteiger partial charge is 0.354 e. The summed E-state index contributed by atoms with van der Waals surface area (Å²) in [5.74, 6) is 0.204. The molecule has 0 bridgehead atoms. The first-order valence-corrected chi connectivity index (χ1v) is 9.24. The van der Waals surface area contributed by atoms with Crippen molar-refractivity contribution in [2.45, 2.75) is 90.9 Å². The molecule has 0 saturated heterocycles. The van der Waals surface area contributed by atoms with Crippen LogP contribution in [0.1, 0.15) is 90.9 Å². The molecule has 2 amide bonds. The Labute approximate surface area is 136 Å². The Balaban J connectivity index is 3.32. The number of carbonyl (C=O) groups excluding carboxylic acids is 2. The van der Waals surface area contributed by atoms with Gasteiger partial charge in [0.15, 0.2) is 0 Å². The SMILES string of the molecule is CCCCCCCC(=O)NCCNC(=O)CCCCCCC. The van der Waals surface area contributed by atoms with Crippen molar-refractivity contribution in [1.29, 1.82) is 0 Å². The van der Waals surface area contributed by atoms with Crippen molar-refractivity contribution in [1.82, 2.24) is 10.6 Å². The highest BCUT2D eigenvalue weighted by molar-refractivity contribution is 5.77. The van der Waals surface area contributed by atoms with Crippen molar-refractivity contribution in [2.24, 2.45) is 0 Å². The Kier molecular flexibility index (Phi) is 15.5. The van der Waals surface area contributed by atoms with Gasteiger partial charge in [0.05, 0.1) is 0 Å². The summed E-state index contributed by atoms with van der Waals surface area (Å²) in [6.07, 6.45) is 12.8. The molecule has 0 aliphatic carbocycles. The van der Waals surface area contributed by atoms with Gasteiger partial charge in [0.2, 0.25) is 11.8 Å². The third-order valence-corrected chi connectivity index (χ3v) is 3.78. The van der Waals surface area contributed by atoms with Gasteiger partial charge in [0.25, 0.3) is 0 Å². The normalized spacial score (nSPS) is 10.5. The molecule has 130 valence electrons. The first-order chi connectivity index (χ1) is 10.7. The second-order valence-electron chi connectivity index (χ2n) is 6.03. The van der Waals surface area contributed by atoms with E-state index in [1.807, 2.05) is 0 Å². The molecule has 22 heavy (non-hydrogen) atoms. The number of unbranched alkanes of at least 4 members (excludes halogenated alkanes) is 8. The molecule has 0 radical (unpaired) electrons. The van der Waals surface area contributed by atoms with Crippen LogP contribution in [0.3, 0.4) is 0 Å². The molecule has 0 aliphatic heterocycles. The molecule has 0 atom stereocenters. The third-order valence-electron chi connectivity index (χ3n) is 3.78. The van der Waals surface area contributed by atoms with E-state index in [0.29, 0.717) is 25.9 Å². The standard InChI is InChI=1S/C18H36N2O2/c1-3-5-7-9-11-13-17(21)19-15-16-20-18(22)14-12-10-8-6-4-2/h3-16H2,1-2H3,(H,19,21)(H,20,22). The Morgan fingerprint density at radius 3 is 1.32 bits per heavy atom. The molecule has 0 saturated carbocycles. The highest BCUT2D eigenvalue weighted by Gasteiger charge is 2.02. The van der Waals surface area contributed by atoms with Crippen molar-refractivity contribution < 1.29 is 9.59 Å². The Morgan fingerprint density at radius 1 is 0.591 bits per heavy atom. The second kappa shape index (κ2) is 16.3. The van der Waals surface area contributed by atoms with Gasteiger partial charge in [-0.2, -0.15) is 0 Å². The van der Waals surface area contributed by atoms with Crippen LogP contribution in [-0.2, 0) is 9.59 Å². The summed E-state index contributed by atoms with van der Waals surface area (Å²) >= 11 is 0. The fraction of sp³-hybridized carbons (Fsp3) is 0.889. The van der Waals surface area contributed by atoms with Gasteiger partial charge in [-0.25, -0.2) is 0 Å². The third kappa shape index (κ3) is 15.3. The Bertz CT molecular complexity index is 252. The molecule has 0 rings (SSSR count). The lowest BCUT2D eigenvalue weighted by Crippen LogP contribution is -2.34. The van der Waals surface area contributed by atoms with E-state index < -0.39 is 0 Å². The minimum atomic E-state index is 0.102. The van der Waals surface area contributed by atoms with Gasteiger partial charge >= 0.3 is 0 Å². The van der Waals surface area contributed by atoms with Crippen molar-refractivity contribution in [2.75, 3.05) is 13.1 Å². The lowest BCUT2D eigenvalue weighted by molar-refractivity contribution is -0.123. The van der Waals surface area contributed by atoms with E-state index >= 15 is 0 Å². The Morgan fingerprint density at radius 2 is 0.955 bits per heavy atom. The number of amides is 2. The van der Waals surface area contributed by atoms with E-state index in [1.165, 1.54) is 38.5 Å². The van der Waals surface area contributed by atoms with Crippen LogP contribution < -0.4 is 10.6 Å². The summed E-state index contributed by atoms with van der Waals surface area (Å²) in [4.78, 5) is 23.1. The van der Waals surface area contributed by atoms with Crippen molar-refractivity contribution in [3.8, 4) is 0 Å².